The quantitative estimate of drug-likeness (QED) is 0.474. The van der Waals surface area contributed by atoms with Gasteiger partial charge in [-0.2, -0.15) is 0 Å². The van der Waals surface area contributed by atoms with Crippen LogP contribution in [0.2, 0.25) is 5.02 Å². The molecule has 4 amide bonds. The number of methoxy groups -OCH3 is 1. The molecular weight excluding hydrogens is 454 g/mol. The Labute approximate surface area is 202 Å². The molecule has 3 aromatic carbocycles. The minimum atomic E-state index is -0.923. The first-order valence-corrected chi connectivity index (χ1v) is 11.2. The number of amides is 4. The van der Waals surface area contributed by atoms with Crippen molar-refractivity contribution >= 4 is 40.8 Å². The first kappa shape index (κ1) is 23.3. The van der Waals surface area contributed by atoms with Crippen molar-refractivity contribution in [3.63, 3.8) is 0 Å². The van der Waals surface area contributed by atoms with Gasteiger partial charge in [-0.1, -0.05) is 48.0 Å². The summed E-state index contributed by atoms with van der Waals surface area (Å²) in [4.78, 5) is 42.0. The summed E-state index contributed by atoms with van der Waals surface area (Å²) in [7, 11) is 1.56. The highest BCUT2D eigenvalue weighted by atomic mass is 35.5. The Kier molecular flexibility index (Phi) is 7.13. The highest BCUT2D eigenvalue weighted by Crippen LogP contribution is 2.29. The first-order valence-electron chi connectivity index (χ1n) is 10.8. The molecule has 4 rings (SSSR count). The zero-order valence-electron chi connectivity index (χ0n) is 18.6. The smallest absolute Gasteiger partial charge is 0.332 e. The van der Waals surface area contributed by atoms with Gasteiger partial charge in [-0.3, -0.25) is 9.59 Å². The van der Waals surface area contributed by atoms with Gasteiger partial charge in [-0.15, -0.1) is 0 Å². The van der Waals surface area contributed by atoms with Crippen LogP contribution in [-0.4, -0.2) is 42.4 Å². The van der Waals surface area contributed by atoms with Crippen LogP contribution >= 0.6 is 11.6 Å². The van der Waals surface area contributed by atoms with E-state index < -0.39 is 18.0 Å². The van der Waals surface area contributed by atoms with Crippen LogP contribution in [0.4, 0.5) is 16.2 Å². The number of hydrogen-bond donors (Lipinski definition) is 1. The van der Waals surface area contributed by atoms with Gasteiger partial charge in [0.05, 0.1) is 19.2 Å². The van der Waals surface area contributed by atoms with Crippen LogP contribution in [0.3, 0.4) is 0 Å². The van der Waals surface area contributed by atoms with E-state index in [9.17, 15) is 14.4 Å². The first-order chi connectivity index (χ1) is 16.5. The molecule has 1 atom stereocenters. The predicted octanol–water partition coefficient (Wildman–Crippen LogP) is 4.76. The Bertz CT molecular complexity index is 1180. The molecule has 0 bridgehead atoms. The summed E-state index contributed by atoms with van der Waals surface area (Å²) in [6.45, 7) is 0.298. The van der Waals surface area contributed by atoms with E-state index in [2.05, 4.69) is 5.32 Å². The van der Waals surface area contributed by atoms with Crippen molar-refractivity contribution in [1.29, 1.82) is 0 Å². The molecule has 0 unspecified atom stereocenters. The number of rotatable bonds is 8. The fourth-order valence-corrected chi connectivity index (χ4v) is 4.08. The molecule has 1 N–H and O–H groups in total. The molecule has 0 saturated carbocycles. The van der Waals surface area contributed by atoms with Gasteiger partial charge in [-0.05, 0) is 54.4 Å². The number of hydrogen-bond acceptors (Lipinski definition) is 4. The lowest BCUT2D eigenvalue weighted by Crippen LogP contribution is -2.39. The number of carbonyl (C=O) groups excluding carboxylic acids is 3. The summed E-state index contributed by atoms with van der Waals surface area (Å²) in [5, 5.41) is 3.20. The van der Waals surface area contributed by atoms with E-state index in [1.165, 1.54) is 4.90 Å². The summed E-state index contributed by atoms with van der Waals surface area (Å²) in [6, 6.07) is 21.7. The highest BCUT2D eigenvalue weighted by molar-refractivity contribution is 6.31. The number of ether oxygens (including phenoxy) is 1. The summed E-state index contributed by atoms with van der Waals surface area (Å²) in [6.07, 6.45) is 0.391. The lowest BCUT2D eigenvalue weighted by atomic mass is 10.1. The minimum absolute atomic E-state index is 0.164. The molecule has 174 valence electrons. The van der Waals surface area contributed by atoms with Crippen molar-refractivity contribution < 1.29 is 19.1 Å². The second-order valence-electron chi connectivity index (χ2n) is 7.86. The molecule has 1 saturated heterocycles. The van der Waals surface area contributed by atoms with Crippen molar-refractivity contribution in [2.24, 2.45) is 0 Å². The van der Waals surface area contributed by atoms with Crippen LogP contribution in [0.5, 0.6) is 5.75 Å². The molecule has 34 heavy (non-hydrogen) atoms. The molecule has 0 aromatic heterocycles. The number of benzene rings is 3. The second kappa shape index (κ2) is 10.4. The summed E-state index contributed by atoms with van der Waals surface area (Å²) in [5.41, 5.74) is 1.99. The summed E-state index contributed by atoms with van der Waals surface area (Å²) in [5.74, 6) is -0.155. The molecule has 1 aliphatic rings. The number of nitrogens with one attached hydrogen (secondary N) is 1. The molecule has 0 radical (unpaired) electrons. The number of nitrogens with zero attached hydrogens (tertiary/aromatic N) is 2. The third-order valence-electron chi connectivity index (χ3n) is 5.62. The molecule has 1 fully saturated rings. The van der Waals surface area contributed by atoms with Gasteiger partial charge in [0, 0.05) is 17.3 Å². The van der Waals surface area contributed by atoms with E-state index in [1.54, 1.807) is 55.6 Å². The number of anilines is 2. The predicted molar refractivity (Wildman–Crippen MR) is 131 cm³/mol. The number of imide groups is 1. The number of carbonyl (C=O) groups is 3. The average Bonchev–Trinajstić information content (AvgIpc) is 3.07. The van der Waals surface area contributed by atoms with Gasteiger partial charge >= 0.3 is 6.03 Å². The molecule has 0 aliphatic carbocycles. The maximum absolute atomic E-state index is 13.3. The van der Waals surface area contributed by atoms with Crippen LogP contribution in [0.1, 0.15) is 12.0 Å². The fraction of sp³-hybridized carbons (Fsp3) is 0.192. The average molecular weight is 478 g/mol. The van der Waals surface area contributed by atoms with Gasteiger partial charge in [-0.25, -0.2) is 9.69 Å². The Morgan fingerprint density at radius 2 is 1.74 bits per heavy atom. The van der Waals surface area contributed by atoms with Gasteiger partial charge in [0.1, 0.15) is 11.8 Å². The summed E-state index contributed by atoms with van der Waals surface area (Å²) < 4.78 is 5.13. The van der Waals surface area contributed by atoms with Crippen molar-refractivity contribution in [3.8, 4) is 5.75 Å². The monoisotopic (exact) mass is 477 g/mol. The second-order valence-corrected chi connectivity index (χ2v) is 8.30. The van der Waals surface area contributed by atoms with E-state index in [0.29, 0.717) is 35.1 Å². The van der Waals surface area contributed by atoms with Crippen LogP contribution in [0.25, 0.3) is 0 Å². The lowest BCUT2D eigenvalue weighted by molar-refractivity contribution is -0.124. The van der Waals surface area contributed by atoms with Gasteiger partial charge < -0.3 is 15.0 Å². The van der Waals surface area contributed by atoms with Gasteiger partial charge in [0.15, 0.2) is 0 Å². The van der Waals surface area contributed by atoms with E-state index >= 15 is 0 Å². The van der Waals surface area contributed by atoms with Crippen LogP contribution in [0, 0.1) is 0 Å². The van der Waals surface area contributed by atoms with E-state index in [1.807, 2.05) is 30.3 Å². The Morgan fingerprint density at radius 1 is 1.00 bits per heavy atom. The van der Waals surface area contributed by atoms with Crippen LogP contribution in [-0.2, 0) is 16.0 Å². The zero-order valence-corrected chi connectivity index (χ0v) is 19.4. The maximum atomic E-state index is 13.3. The fourth-order valence-electron chi connectivity index (χ4n) is 3.90. The molecule has 1 heterocycles. The number of halogens is 1. The molecule has 3 aromatic rings. The maximum Gasteiger partial charge on any atom is 0.332 e. The third-order valence-corrected chi connectivity index (χ3v) is 5.86. The lowest BCUT2D eigenvalue weighted by Gasteiger charge is -2.21. The van der Waals surface area contributed by atoms with Crippen LogP contribution < -0.4 is 15.0 Å². The van der Waals surface area contributed by atoms with E-state index in [4.69, 9.17) is 16.3 Å². The Balaban J connectivity index is 1.54. The van der Waals surface area contributed by atoms with Crippen molar-refractivity contribution in [2.45, 2.75) is 18.9 Å². The van der Waals surface area contributed by atoms with Crippen LogP contribution in [0.15, 0.2) is 78.9 Å². The topological polar surface area (TPSA) is 79.0 Å². The Hall–Kier alpha value is -3.84. The standard InChI is InChI=1S/C26H24ClN3O4/c1-34-22-12-10-20(11-13-22)28-24(31)17-23-25(32)30(21-9-5-8-19(27)16-21)26(33)29(23)15-14-18-6-3-2-4-7-18/h2-13,16,23H,14-15,17H2,1H3,(H,28,31)/t23-/m1/s1. The van der Waals surface area contributed by atoms with Crippen molar-refractivity contribution in [2.75, 3.05) is 23.9 Å². The van der Waals surface area contributed by atoms with Crippen molar-refractivity contribution in [1.82, 2.24) is 4.90 Å². The molecular formula is C26H24ClN3O4. The summed E-state index contributed by atoms with van der Waals surface area (Å²) >= 11 is 6.09. The molecule has 8 heteroatoms. The Morgan fingerprint density at radius 3 is 2.41 bits per heavy atom. The van der Waals surface area contributed by atoms with Crippen molar-refractivity contribution in [3.05, 3.63) is 89.4 Å². The van der Waals surface area contributed by atoms with Gasteiger partial charge in [0.2, 0.25) is 5.91 Å². The minimum Gasteiger partial charge on any atom is -0.497 e. The largest absolute Gasteiger partial charge is 0.497 e. The van der Waals surface area contributed by atoms with E-state index in [0.717, 1.165) is 10.5 Å². The normalized spacial score (nSPS) is 15.5. The SMILES string of the molecule is COc1ccc(NC(=O)C[C@@H]2C(=O)N(c3cccc(Cl)c3)C(=O)N2CCc2ccccc2)cc1. The number of urea groups is 1. The highest BCUT2D eigenvalue weighted by Gasteiger charge is 2.46. The zero-order chi connectivity index (χ0) is 24.1. The van der Waals surface area contributed by atoms with E-state index in [-0.39, 0.29) is 12.3 Å². The molecule has 7 nitrogen and oxygen atoms in total. The molecule has 1 aliphatic heterocycles. The third kappa shape index (κ3) is 5.21. The van der Waals surface area contributed by atoms with Gasteiger partial charge in [0.25, 0.3) is 5.91 Å². The molecule has 0 spiro atoms.